The van der Waals surface area contributed by atoms with E-state index in [1.165, 1.54) is 6.92 Å². The second kappa shape index (κ2) is 15.2. The molecule has 0 aromatic carbocycles. The lowest BCUT2D eigenvalue weighted by Gasteiger charge is -2.40. The molecule has 0 aliphatic carbocycles. The molecule has 0 saturated heterocycles. The number of carbonyl (C=O) groups is 1. The quantitative estimate of drug-likeness (QED) is 0.154. The van der Waals surface area contributed by atoms with Crippen molar-refractivity contribution in [2.24, 2.45) is 0 Å². The maximum atomic E-state index is 13.6. The molecule has 1 unspecified atom stereocenters. The summed E-state index contributed by atoms with van der Waals surface area (Å²) in [5.41, 5.74) is -2.55. The van der Waals surface area contributed by atoms with Crippen LogP contribution >= 0.6 is 7.80 Å². The molecule has 0 fully saturated rings. The van der Waals surface area contributed by atoms with E-state index in [9.17, 15) is 9.36 Å². The van der Waals surface area contributed by atoms with Crippen molar-refractivity contribution < 1.29 is 33.0 Å². The van der Waals surface area contributed by atoms with Gasteiger partial charge in [0.1, 0.15) is 0 Å². The third-order valence-corrected chi connectivity index (χ3v) is 5.51. The maximum absolute atomic E-state index is 13.6. The van der Waals surface area contributed by atoms with E-state index >= 15 is 0 Å². The minimum atomic E-state index is -2.80. The highest BCUT2D eigenvalue weighted by atomic mass is 31.1. The summed E-state index contributed by atoms with van der Waals surface area (Å²) in [7, 11) is -2.80. The summed E-state index contributed by atoms with van der Waals surface area (Å²) in [6.45, 7) is 15.9. The lowest BCUT2D eigenvalue weighted by molar-refractivity contribution is -0.471. The molecule has 0 N–H and O–H groups in total. The van der Waals surface area contributed by atoms with E-state index in [1.54, 1.807) is 0 Å². The maximum Gasteiger partial charge on any atom is 0.495 e. The van der Waals surface area contributed by atoms with Gasteiger partial charge in [0.25, 0.3) is 0 Å². The molecule has 0 rings (SSSR count). The molecular formula is C21H40O7P+. The van der Waals surface area contributed by atoms with Crippen molar-refractivity contribution in [3.63, 3.8) is 0 Å². The Hall–Kier alpha value is -0.690. The summed E-state index contributed by atoms with van der Waals surface area (Å²) in [6, 6.07) is 0. The average molecular weight is 436 g/mol. The van der Waals surface area contributed by atoms with Crippen LogP contribution in [-0.2, 0) is 33.0 Å². The van der Waals surface area contributed by atoms with Gasteiger partial charge in [-0.3, -0.25) is 0 Å². The molecule has 8 heteroatoms. The summed E-state index contributed by atoms with van der Waals surface area (Å²) in [5.74, 6) is -1.93. The SMILES string of the molecule is C=C(C)C(=O)[P+](=O)C(OCCC)(OCCC)C(OCCC)(OCCC)OCCC. The average Bonchev–Trinajstić information content (AvgIpc) is 2.72. The van der Waals surface area contributed by atoms with E-state index in [4.69, 9.17) is 23.7 Å². The van der Waals surface area contributed by atoms with E-state index in [2.05, 4.69) is 6.58 Å². The van der Waals surface area contributed by atoms with Crippen LogP contribution in [0.1, 0.15) is 73.6 Å². The Morgan fingerprint density at radius 3 is 1.31 bits per heavy atom. The van der Waals surface area contributed by atoms with Gasteiger partial charge in [-0.1, -0.05) is 45.8 Å². The van der Waals surface area contributed by atoms with Crippen molar-refractivity contribution in [1.29, 1.82) is 0 Å². The molecule has 0 amide bonds. The monoisotopic (exact) mass is 435 g/mol. The second-order valence-electron chi connectivity index (χ2n) is 6.76. The van der Waals surface area contributed by atoms with Crippen LogP contribution < -0.4 is 0 Å². The molecule has 1 atom stereocenters. The van der Waals surface area contributed by atoms with Crippen LogP contribution in [0.25, 0.3) is 0 Å². The van der Waals surface area contributed by atoms with Gasteiger partial charge in [-0.2, -0.15) is 0 Å². The van der Waals surface area contributed by atoms with Gasteiger partial charge in [0.2, 0.25) is 0 Å². The summed E-state index contributed by atoms with van der Waals surface area (Å²) in [6.07, 6.45) is 3.22. The van der Waals surface area contributed by atoms with Crippen LogP contribution in [0, 0.1) is 0 Å². The van der Waals surface area contributed by atoms with Crippen molar-refractivity contribution in [2.45, 2.75) is 85.1 Å². The first kappa shape index (κ1) is 28.3. The van der Waals surface area contributed by atoms with E-state index in [0.29, 0.717) is 32.1 Å². The zero-order valence-corrected chi connectivity index (χ0v) is 20.0. The second-order valence-corrected chi connectivity index (χ2v) is 8.34. The van der Waals surface area contributed by atoms with Gasteiger partial charge >= 0.3 is 24.8 Å². The number of allylic oxidation sites excluding steroid dienone is 1. The fourth-order valence-electron chi connectivity index (χ4n) is 2.36. The Labute approximate surface area is 177 Å². The molecule has 170 valence electrons. The third kappa shape index (κ3) is 7.82. The molecule has 7 nitrogen and oxygen atoms in total. The normalized spacial score (nSPS) is 12.8. The van der Waals surface area contributed by atoms with E-state index < -0.39 is 24.8 Å². The summed E-state index contributed by atoms with van der Waals surface area (Å²) in [5, 5.41) is 0. The molecule has 0 aliphatic rings. The van der Waals surface area contributed by atoms with Crippen LogP contribution in [0.3, 0.4) is 0 Å². The van der Waals surface area contributed by atoms with Crippen LogP contribution in [0.5, 0.6) is 0 Å². The Bertz CT molecular complexity index is 477. The minimum absolute atomic E-state index is 0.144. The number of hydrogen-bond acceptors (Lipinski definition) is 7. The van der Waals surface area contributed by atoms with E-state index in [-0.39, 0.29) is 38.6 Å². The Kier molecular flexibility index (Phi) is 14.8. The highest BCUT2D eigenvalue weighted by Gasteiger charge is 2.75. The van der Waals surface area contributed by atoms with Gasteiger partial charge in [0.15, 0.2) is 0 Å². The van der Waals surface area contributed by atoms with Crippen LogP contribution in [0.4, 0.5) is 0 Å². The lowest BCUT2D eigenvalue weighted by atomic mass is 10.4. The molecule has 0 saturated carbocycles. The summed E-state index contributed by atoms with van der Waals surface area (Å²) in [4.78, 5) is 12.8. The fraction of sp³-hybridized carbons (Fsp3) is 0.857. The van der Waals surface area contributed by atoms with Gasteiger partial charge in [-0.25, -0.2) is 4.79 Å². The molecule has 0 aromatic heterocycles. The fourth-order valence-corrected chi connectivity index (χ4v) is 3.83. The molecule has 29 heavy (non-hydrogen) atoms. The Balaban J connectivity index is 6.65. The van der Waals surface area contributed by atoms with Gasteiger partial charge in [-0.05, 0) is 39.0 Å². The predicted octanol–water partition coefficient (Wildman–Crippen LogP) is 5.36. The van der Waals surface area contributed by atoms with Crippen LogP contribution in [-0.4, -0.2) is 50.1 Å². The molecule has 0 aliphatic heterocycles. The molecule has 0 heterocycles. The molecule has 0 spiro atoms. The first-order chi connectivity index (χ1) is 13.8. The van der Waals surface area contributed by atoms with E-state index in [1.807, 2.05) is 34.6 Å². The molecular weight excluding hydrogens is 395 g/mol. The van der Waals surface area contributed by atoms with Crippen molar-refractivity contribution in [3.8, 4) is 0 Å². The molecule has 0 radical (unpaired) electrons. The number of ether oxygens (including phenoxy) is 5. The zero-order valence-electron chi connectivity index (χ0n) is 19.1. The van der Waals surface area contributed by atoms with Gasteiger partial charge in [-0.15, -0.1) is 0 Å². The van der Waals surface area contributed by atoms with Crippen molar-refractivity contribution in [3.05, 3.63) is 12.2 Å². The first-order valence-corrected chi connectivity index (χ1v) is 11.9. The van der Waals surface area contributed by atoms with Crippen molar-refractivity contribution >= 4 is 13.3 Å². The van der Waals surface area contributed by atoms with Crippen molar-refractivity contribution in [1.82, 2.24) is 0 Å². The Morgan fingerprint density at radius 1 is 0.724 bits per heavy atom. The third-order valence-electron chi connectivity index (χ3n) is 3.70. The van der Waals surface area contributed by atoms with Crippen LogP contribution in [0.2, 0.25) is 0 Å². The Morgan fingerprint density at radius 2 is 1.03 bits per heavy atom. The minimum Gasteiger partial charge on any atom is -0.319 e. The van der Waals surface area contributed by atoms with Gasteiger partial charge in [0.05, 0.1) is 33.0 Å². The highest BCUT2D eigenvalue weighted by molar-refractivity contribution is 7.65. The zero-order chi connectivity index (χ0) is 22.3. The largest absolute Gasteiger partial charge is 0.495 e. The lowest BCUT2D eigenvalue weighted by Crippen LogP contribution is -2.61. The number of rotatable bonds is 19. The van der Waals surface area contributed by atoms with Gasteiger partial charge < -0.3 is 23.7 Å². The van der Waals surface area contributed by atoms with Crippen LogP contribution in [0.15, 0.2) is 12.2 Å². The molecule has 0 bridgehead atoms. The highest BCUT2D eigenvalue weighted by Crippen LogP contribution is 2.53. The topological polar surface area (TPSA) is 80.3 Å². The number of carbonyl (C=O) groups excluding carboxylic acids is 1. The van der Waals surface area contributed by atoms with E-state index in [0.717, 1.165) is 0 Å². The summed E-state index contributed by atoms with van der Waals surface area (Å²) < 4.78 is 43.8. The smallest absolute Gasteiger partial charge is 0.319 e. The van der Waals surface area contributed by atoms with Crippen molar-refractivity contribution in [2.75, 3.05) is 33.0 Å². The number of hydrogen-bond donors (Lipinski definition) is 0. The molecule has 0 aromatic rings. The predicted molar refractivity (Wildman–Crippen MR) is 114 cm³/mol. The summed E-state index contributed by atoms with van der Waals surface area (Å²) >= 11 is 0. The standard InChI is InChI=1S/C21H40O7P/c1-8-13-24-20(25-14-9-2,26-15-10-3)21(27-16-11-4,28-17-12-5)29(23)19(22)18(6)7/h6,8-17H2,1-5,7H3/q+1. The first-order valence-electron chi connectivity index (χ1n) is 10.7. The van der Waals surface area contributed by atoms with Gasteiger partial charge in [0, 0.05) is 5.57 Å².